The standard InChI is InChI=1S/C15H14N2O3S/c1-4-20-15(19)12(8-16)13-10-6-5-9(21-3)7-11(10)14(18)17(13)2/h5-7H,4H2,1-3H3/b13-12-. The van der Waals surface area contributed by atoms with Crippen molar-refractivity contribution in [2.45, 2.75) is 11.8 Å². The van der Waals surface area contributed by atoms with E-state index in [4.69, 9.17) is 4.74 Å². The second-order valence-electron chi connectivity index (χ2n) is 4.33. The van der Waals surface area contributed by atoms with Gasteiger partial charge >= 0.3 is 5.97 Å². The lowest BCUT2D eigenvalue weighted by atomic mass is 10.0. The number of hydrogen-bond donors (Lipinski definition) is 0. The largest absolute Gasteiger partial charge is 0.462 e. The van der Waals surface area contributed by atoms with Crippen LogP contribution >= 0.6 is 11.8 Å². The maximum Gasteiger partial charge on any atom is 0.351 e. The molecule has 0 N–H and O–H groups in total. The van der Waals surface area contributed by atoms with Crippen LogP contribution in [0.15, 0.2) is 28.7 Å². The molecule has 0 bridgehead atoms. The molecule has 1 amide bonds. The molecule has 0 unspecified atom stereocenters. The molecular formula is C15H14N2O3S. The summed E-state index contributed by atoms with van der Waals surface area (Å²) in [4.78, 5) is 26.5. The Balaban J connectivity index is 2.65. The number of rotatable bonds is 3. The van der Waals surface area contributed by atoms with Crippen LogP contribution in [0.4, 0.5) is 0 Å². The lowest BCUT2D eigenvalue weighted by molar-refractivity contribution is -0.137. The van der Waals surface area contributed by atoms with Crippen molar-refractivity contribution in [3.05, 3.63) is 34.9 Å². The SMILES string of the molecule is CCOC(=O)/C(C#N)=C1/c2ccc(SC)cc2C(=O)N1C. The molecule has 1 aliphatic heterocycles. The van der Waals surface area contributed by atoms with Gasteiger partial charge in [-0.05, 0) is 25.3 Å². The Morgan fingerprint density at radius 1 is 1.43 bits per heavy atom. The van der Waals surface area contributed by atoms with Gasteiger partial charge in [-0.3, -0.25) is 4.79 Å². The molecule has 0 saturated carbocycles. The first-order valence-corrected chi connectivity index (χ1v) is 7.55. The van der Waals surface area contributed by atoms with Crippen molar-refractivity contribution in [3.8, 4) is 6.07 Å². The minimum Gasteiger partial charge on any atom is -0.462 e. The number of nitriles is 1. The van der Waals surface area contributed by atoms with Gasteiger partial charge in [0.25, 0.3) is 5.91 Å². The van der Waals surface area contributed by atoms with Gasteiger partial charge < -0.3 is 9.64 Å². The van der Waals surface area contributed by atoms with Gasteiger partial charge in [0.2, 0.25) is 0 Å². The number of esters is 1. The molecule has 0 spiro atoms. The first kappa shape index (κ1) is 15.1. The maximum atomic E-state index is 12.3. The van der Waals surface area contributed by atoms with Gasteiger partial charge in [-0.25, -0.2) is 4.79 Å². The Labute approximate surface area is 127 Å². The van der Waals surface area contributed by atoms with Crippen molar-refractivity contribution in [3.63, 3.8) is 0 Å². The second-order valence-corrected chi connectivity index (χ2v) is 5.21. The summed E-state index contributed by atoms with van der Waals surface area (Å²) in [5, 5.41) is 9.26. The van der Waals surface area contributed by atoms with Gasteiger partial charge in [-0.15, -0.1) is 11.8 Å². The zero-order valence-corrected chi connectivity index (χ0v) is 12.8. The predicted octanol–water partition coefficient (Wildman–Crippen LogP) is 2.29. The zero-order chi connectivity index (χ0) is 15.6. The van der Waals surface area contributed by atoms with Crippen LogP contribution in [0.2, 0.25) is 0 Å². The van der Waals surface area contributed by atoms with Crippen molar-refractivity contribution in [2.75, 3.05) is 19.9 Å². The number of ether oxygens (including phenoxy) is 1. The molecule has 0 aliphatic carbocycles. The lowest BCUT2D eigenvalue weighted by Crippen LogP contribution is -2.20. The quantitative estimate of drug-likeness (QED) is 0.371. The highest BCUT2D eigenvalue weighted by atomic mass is 32.2. The Kier molecular flexibility index (Phi) is 4.34. The van der Waals surface area contributed by atoms with Crippen LogP contribution in [-0.4, -0.2) is 36.7 Å². The molecule has 1 aliphatic rings. The molecule has 21 heavy (non-hydrogen) atoms. The van der Waals surface area contributed by atoms with E-state index >= 15 is 0 Å². The molecule has 0 atom stereocenters. The van der Waals surface area contributed by atoms with Gasteiger partial charge in [-0.1, -0.05) is 6.07 Å². The van der Waals surface area contributed by atoms with E-state index in [2.05, 4.69) is 0 Å². The Bertz CT molecular complexity index is 689. The van der Waals surface area contributed by atoms with Crippen LogP contribution in [0.5, 0.6) is 0 Å². The molecule has 0 aromatic heterocycles. The fraction of sp³-hybridized carbons (Fsp3) is 0.267. The van der Waals surface area contributed by atoms with E-state index in [1.165, 1.54) is 16.7 Å². The van der Waals surface area contributed by atoms with Crippen LogP contribution in [0.1, 0.15) is 22.8 Å². The molecule has 0 radical (unpaired) electrons. The van der Waals surface area contributed by atoms with Gasteiger partial charge in [0, 0.05) is 17.5 Å². The highest BCUT2D eigenvalue weighted by Crippen LogP contribution is 2.35. The van der Waals surface area contributed by atoms with Gasteiger partial charge in [-0.2, -0.15) is 5.26 Å². The summed E-state index contributed by atoms with van der Waals surface area (Å²) in [6.45, 7) is 1.84. The molecule has 0 saturated heterocycles. The van der Waals surface area contributed by atoms with Crippen molar-refractivity contribution in [2.24, 2.45) is 0 Å². The smallest absolute Gasteiger partial charge is 0.351 e. The van der Waals surface area contributed by atoms with E-state index in [9.17, 15) is 14.9 Å². The Morgan fingerprint density at radius 2 is 2.14 bits per heavy atom. The van der Waals surface area contributed by atoms with Gasteiger partial charge in [0.15, 0.2) is 5.57 Å². The normalized spacial score (nSPS) is 15.5. The molecule has 6 heteroatoms. The number of nitrogens with zero attached hydrogens (tertiary/aromatic N) is 2. The fourth-order valence-corrected chi connectivity index (χ4v) is 2.64. The average Bonchev–Trinajstić information content (AvgIpc) is 2.73. The van der Waals surface area contributed by atoms with E-state index in [0.717, 1.165) is 4.90 Å². The number of amides is 1. The van der Waals surface area contributed by atoms with Crippen LogP contribution in [0.3, 0.4) is 0 Å². The van der Waals surface area contributed by atoms with Crippen LogP contribution in [0.25, 0.3) is 5.70 Å². The number of benzene rings is 1. The van der Waals surface area contributed by atoms with E-state index in [0.29, 0.717) is 16.8 Å². The maximum absolute atomic E-state index is 12.3. The fourth-order valence-electron chi connectivity index (χ4n) is 2.20. The molecular weight excluding hydrogens is 288 g/mol. The minimum atomic E-state index is -0.712. The summed E-state index contributed by atoms with van der Waals surface area (Å²) in [7, 11) is 1.55. The summed E-state index contributed by atoms with van der Waals surface area (Å²) in [5.74, 6) is -0.940. The van der Waals surface area contributed by atoms with E-state index in [-0.39, 0.29) is 18.1 Å². The molecule has 0 fully saturated rings. The third kappa shape index (κ3) is 2.52. The number of thioether (sulfide) groups is 1. The number of fused-ring (bicyclic) bond motifs is 1. The van der Waals surface area contributed by atoms with Crippen molar-refractivity contribution < 1.29 is 14.3 Å². The summed E-state index contributed by atoms with van der Waals surface area (Å²) in [5.41, 5.74) is 1.24. The van der Waals surface area contributed by atoms with E-state index in [1.807, 2.05) is 18.4 Å². The average molecular weight is 302 g/mol. The topological polar surface area (TPSA) is 70.4 Å². The van der Waals surface area contributed by atoms with Crippen LogP contribution < -0.4 is 0 Å². The van der Waals surface area contributed by atoms with Crippen molar-refractivity contribution in [1.82, 2.24) is 4.90 Å². The van der Waals surface area contributed by atoms with Crippen molar-refractivity contribution in [1.29, 1.82) is 5.26 Å². The number of carbonyl (C=O) groups excluding carboxylic acids is 2. The molecule has 108 valence electrons. The third-order valence-electron chi connectivity index (χ3n) is 3.18. The van der Waals surface area contributed by atoms with Crippen LogP contribution in [0, 0.1) is 11.3 Å². The highest BCUT2D eigenvalue weighted by molar-refractivity contribution is 7.98. The van der Waals surface area contributed by atoms with Crippen molar-refractivity contribution >= 4 is 29.3 Å². The predicted molar refractivity (Wildman–Crippen MR) is 79.5 cm³/mol. The van der Waals surface area contributed by atoms with E-state index < -0.39 is 5.97 Å². The molecule has 1 aromatic rings. The van der Waals surface area contributed by atoms with Gasteiger partial charge in [0.05, 0.1) is 17.9 Å². The minimum absolute atomic E-state index is 0.150. The first-order valence-electron chi connectivity index (χ1n) is 6.33. The Morgan fingerprint density at radius 3 is 2.71 bits per heavy atom. The molecule has 1 heterocycles. The lowest BCUT2D eigenvalue weighted by Gasteiger charge is -2.13. The highest BCUT2D eigenvalue weighted by Gasteiger charge is 2.34. The third-order valence-corrected chi connectivity index (χ3v) is 3.91. The summed E-state index contributed by atoms with van der Waals surface area (Å²) in [6.07, 6.45) is 1.92. The molecule has 2 rings (SSSR count). The molecule has 5 nitrogen and oxygen atoms in total. The summed E-state index contributed by atoms with van der Waals surface area (Å²) >= 11 is 1.52. The van der Waals surface area contributed by atoms with Gasteiger partial charge in [0.1, 0.15) is 6.07 Å². The Hall–Kier alpha value is -2.26. The molecule has 1 aromatic carbocycles. The number of carbonyl (C=O) groups is 2. The first-order chi connectivity index (χ1) is 10.0. The zero-order valence-electron chi connectivity index (χ0n) is 12.0. The summed E-state index contributed by atoms with van der Waals surface area (Å²) < 4.78 is 4.89. The van der Waals surface area contributed by atoms with Crippen LogP contribution in [-0.2, 0) is 9.53 Å². The number of hydrogen-bond acceptors (Lipinski definition) is 5. The summed E-state index contributed by atoms with van der Waals surface area (Å²) in [6, 6.07) is 7.24. The van der Waals surface area contributed by atoms with E-state index in [1.54, 1.807) is 26.1 Å². The monoisotopic (exact) mass is 302 g/mol. The second kappa shape index (κ2) is 6.02.